The molecule has 0 bridgehead atoms. The molecule has 1 aromatic rings. The van der Waals surface area contributed by atoms with Crippen LogP contribution in [-0.4, -0.2) is 15.3 Å². The fraction of sp³-hybridized carbons (Fsp3) is 0.786. The van der Waals surface area contributed by atoms with Gasteiger partial charge in [0.1, 0.15) is 0 Å². The molecule has 1 atom stereocenters. The fourth-order valence-electron chi connectivity index (χ4n) is 3.24. The zero-order chi connectivity index (χ0) is 12.7. The van der Waals surface area contributed by atoms with Crippen LogP contribution in [0.25, 0.3) is 0 Å². The van der Waals surface area contributed by atoms with Gasteiger partial charge in [0.2, 0.25) is 0 Å². The average Bonchev–Trinajstić information content (AvgIpc) is 2.67. The zero-order valence-corrected chi connectivity index (χ0v) is 11.6. The summed E-state index contributed by atoms with van der Waals surface area (Å²) in [7, 11) is 0. The first-order chi connectivity index (χ1) is 7.84. The van der Waals surface area contributed by atoms with E-state index < -0.39 is 0 Å². The highest BCUT2D eigenvalue weighted by Crippen LogP contribution is 2.43. The lowest BCUT2D eigenvalue weighted by Gasteiger charge is -2.26. The molecule has 2 N–H and O–H groups in total. The minimum Gasteiger partial charge on any atom is -0.325 e. The molecule has 0 saturated heterocycles. The van der Waals surface area contributed by atoms with Crippen LogP contribution < -0.4 is 5.73 Å². The first-order valence-corrected chi connectivity index (χ1v) is 6.66. The first-order valence-electron chi connectivity index (χ1n) is 6.66. The Kier molecular flexibility index (Phi) is 3.06. The molecule has 17 heavy (non-hydrogen) atoms. The summed E-state index contributed by atoms with van der Waals surface area (Å²) < 4.78 is 2.09. The first kappa shape index (κ1) is 12.6. The third-order valence-corrected chi connectivity index (χ3v) is 3.95. The Morgan fingerprint density at radius 3 is 2.65 bits per heavy atom. The molecule has 2 rings (SSSR count). The Labute approximate surface area is 104 Å². The molecule has 1 aromatic heterocycles. The number of hydrogen-bond donors (Lipinski definition) is 1. The van der Waals surface area contributed by atoms with Gasteiger partial charge in [0.25, 0.3) is 0 Å². The van der Waals surface area contributed by atoms with Gasteiger partial charge in [-0.3, -0.25) is 4.68 Å². The maximum Gasteiger partial charge on any atom is 0.0596 e. The maximum atomic E-state index is 6.56. The molecule has 3 nitrogen and oxygen atoms in total. The third-order valence-electron chi connectivity index (χ3n) is 3.95. The Bertz CT molecular complexity index is 406. The van der Waals surface area contributed by atoms with E-state index >= 15 is 0 Å². The molecule has 3 heteroatoms. The van der Waals surface area contributed by atoms with Crippen LogP contribution >= 0.6 is 0 Å². The molecule has 0 aromatic carbocycles. The predicted octanol–water partition coefficient (Wildman–Crippen LogP) is 2.66. The summed E-state index contributed by atoms with van der Waals surface area (Å²) in [5, 5.41) is 4.50. The van der Waals surface area contributed by atoms with Gasteiger partial charge in [-0.15, -0.1) is 0 Å². The lowest BCUT2D eigenvalue weighted by atomic mass is 9.86. The number of rotatable bonds is 3. The van der Waals surface area contributed by atoms with E-state index in [1.165, 1.54) is 12.1 Å². The van der Waals surface area contributed by atoms with E-state index in [2.05, 4.69) is 43.5 Å². The van der Waals surface area contributed by atoms with Gasteiger partial charge in [-0.05, 0) is 44.6 Å². The topological polar surface area (TPSA) is 43.8 Å². The van der Waals surface area contributed by atoms with Crippen molar-refractivity contribution in [3.8, 4) is 0 Å². The number of aryl methyl sites for hydroxylation is 2. The summed E-state index contributed by atoms with van der Waals surface area (Å²) in [6.45, 7) is 9.77. The van der Waals surface area contributed by atoms with E-state index in [-0.39, 0.29) is 5.54 Å². The van der Waals surface area contributed by atoms with Gasteiger partial charge in [-0.1, -0.05) is 13.8 Å². The van der Waals surface area contributed by atoms with Crippen LogP contribution in [0.2, 0.25) is 0 Å². The van der Waals surface area contributed by atoms with Crippen molar-refractivity contribution in [1.82, 2.24) is 9.78 Å². The van der Waals surface area contributed by atoms with Crippen molar-refractivity contribution in [3.05, 3.63) is 17.5 Å². The van der Waals surface area contributed by atoms with E-state index in [4.69, 9.17) is 5.73 Å². The number of hydrogen-bond acceptors (Lipinski definition) is 2. The van der Waals surface area contributed by atoms with E-state index in [1.807, 2.05) is 0 Å². The van der Waals surface area contributed by atoms with Gasteiger partial charge < -0.3 is 5.73 Å². The molecule has 0 spiro atoms. The van der Waals surface area contributed by atoms with Crippen LogP contribution in [0.4, 0.5) is 0 Å². The monoisotopic (exact) mass is 235 g/mol. The molecule has 0 radical (unpaired) electrons. The van der Waals surface area contributed by atoms with Gasteiger partial charge in [0.05, 0.1) is 5.69 Å². The van der Waals surface area contributed by atoms with Crippen molar-refractivity contribution in [2.45, 2.75) is 65.5 Å². The van der Waals surface area contributed by atoms with Crippen LogP contribution in [0.3, 0.4) is 0 Å². The molecule has 1 aliphatic rings. The lowest BCUT2D eigenvalue weighted by molar-refractivity contribution is 0.330. The maximum absolute atomic E-state index is 6.56. The van der Waals surface area contributed by atoms with Crippen LogP contribution in [-0.2, 0) is 13.0 Å². The average molecular weight is 235 g/mol. The summed E-state index contributed by atoms with van der Waals surface area (Å²) in [6.07, 6.45) is 4.45. The molecular formula is C14H25N3. The minimum atomic E-state index is -0.0249. The SMILES string of the molecule is CCn1nc(C)cc1CC1(N)CCC(C)(C)C1. The molecule has 1 saturated carbocycles. The van der Waals surface area contributed by atoms with Gasteiger partial charge in [-0.2, -0.15) is 5.10 Å². The van der Waals surface area contributed by atoms with Crippen molar-refractivity contribution in [2.75, 3.05) is 0 Å². The van der Waals surface area contributed by atoms with Crippen molar-refractivity contribution in [3.63, 3.8) is 0 Å². The fourth-order valence-corrected chi connectivity index (χ4v) is 3.24. The largest absolute Gasteiger partial charge is 0.325 e. The van der Waals surface area contributed by atoms with E-state index in [9.17, 15) is 0 Å². The normalized spacial score (nSPS) is 27.6. The van der Waals surface area contributed by atoms with E-state index in [1.54, 1.807) is 0 Å². The molecule has 0 amide bonds. The number of nitrogens with zero attached hydrogens (tertiary/aromatic N) is 2. The third kappa shape index (κ3) is 2.71. The Morgan fingerprint density at radius 1 is 1.41 bits per heavy atom. The standard InChI is InChI=1S/C14H25N3/c1-5-17-12(8-11(2)16-17)9-14(15)7-6-13(3,4)10-14/h8H,5-7,9-10,15H2,1-4H3. The Morgan fingerprint density at radius 2 is 2.12 bits per heavy atom. The zero-order valence-electron chi connectivity index (χ0n) is 11.6. The van der Waals surface area contributed by atoms with Gasteiger partial charge in [0.15, 0.2) is 0 Å². The molecule has 1 unspecified atom stereocenters. The van der Waals surface area contributed by atoms with Crippen molar-refractivity contribution in [1.29, 1.82) is 0 Å². The highest BCUT2D eigenvalue weighted by atomic mass is 15.3. The summed E-state index contributed by atoms with van der Waals surface area (Å²) >= 11 is 0. The molecule has 1 heterocycles. The van der Waals surface area contributed by atoms with Gasteiger partial charge >= 0.3 is 0 Å². The second-order valence-corrected chi connectivity index (χ2v) is 6.47. The predicted molar refractivity (Wildman–Crippen MR) is 70.9 cm³/mol. The van der Waals surface area contributed by atoms with Crippen molar-refractivity contribution < 1.29 is 0 Å². The van der Waals surface area contributed by atoms with Crippen molar-refractivity contribution in [2.24, 2.45) is 11.1 Å². The van der Waals surface area contributed by atoms with Crippen LogP contribution in [0.5, 0.6) is 0 Å². The van der Waals surface area contributed by atoms with Crippen LogP contribution in [0.15, 0.2) is 6.07 Å². The Balaban J connectivity index is 2.15. The number of nitrogens with two attached hydrogens (primary N) is 1. The van der Waals surface area contributed by atoms with E-state index in [0.29, 0.717) is 5.41 Å². The molecule has 1 aliphatic carbocycles. The second kappa shape index (κ2) is 4.13. The highest BCUT2D eigenvalue weighted by Gasteiger charge is 2.40. The van der Waals surface area contributed by atoms with Crippen molar-refractivity contribution >= 4 is 0 Å². The summed E-state index contributed by atoms with van der Waals surface area (Å²) in [5.74, 6) is 0. The Hall–Kier alpha value is -0.830. The molecule has 96 valence electrons. The molecular weight excluding hydrogens is 210 g/mol. The summed E-state index contributed by atoms with van der Waals surface area (Å²) in [5.41, 5.74) is 9.33. The molecule has 1 fully saturated rings. The highest BCUT2D eigenvalue weighted by molar-refractivity contribution is 5.14. The summed E-state index contributed by atoms with van der Waals surface area (Å²) in [6, 6.07) is 2.18. The summed E-state index contributed by atoms with van der Waals surface area (Å²) in [4.78, 5) is 0. The lowest BCUT2D eigenvalue weighted by Crippen LogP contribution is -2.40. The van der Waals surface area contributed by atoms with Crippen LogP contribution in [0.1, 0.15) is 51.4 Å². The minimum absolute atomic E-state index is 0.0249. The van der Waals surface area contributed by atoms with E-state index in [0.717, 1.165) is 31.5 Å². The number of aromatic nitrogens is 2. The second-order valence-electron chi connectivity index (χ2n) is 6.47. The quantitative estimate of drug-likeness (QED) is 0.875. The van der Waals surface area contributed by atoms with Gasteiger partial charge in [0, 0.05) is 24.2 Å². The van der Waals surface area contributed by atoms with Crippen LogP contribution in [0, 0.1) is 12.3 Å². The smallest absolute Gasteiger partial charge is 0.0596 e. The van der Waals surface area contributed by atoms with Gasteiger partial charge in [-0.25, -0.2) is 0 Å². The molecule has 0 aliphatic heterocycles.